The standard InChI is InChI=1S/C31H46N4O3/c1-5-8-9-10-11-12-17-30(36)32-25-18-19-27(26(24-25)31(37)33(6-2)7-3)34-20-22-35(23-21-34)28-15-13-14-16-29(28)38-4/h13-16,18-19,24H,5-12,17,20-23H2,1-4H3,(H,32,36). The van der Waals surface area contributed by atoms with Gasteiger partial charge in [-0.2, -0.15) is 0 Å². The van der Waals surface area contributed by atoms with Crippen molar-refractivity contribution in [3.63, 3.8) is 0 Å². The number of amides is 2. The predicted octanol–water partition coefficient (Wildman–Crippen LogP) is 6.19. The molecule has 208 valence electrons. The molecule has 0 saturated carbocycles. The van der Waals surface area contributed by atoms with Crippen molar-refractivity contribution in [2.24, 2.45) is 0 Å². The van der Waals surface area contributed by atoms with E-state index in [-0.39, 0.29) is 11.8 Å². The summed E-state index contributed by atoms with van der Waals surface area (Å²) in [6.45, 7) is 10.7. The van der Waals surface area contributed by atoms with E-state index in [4.69, 9.17) is 4.74 Å². The molecular formula is C31H46N4O3. The molecule has 1 aliphatic rings. The largest absolute Gasteiger partial charge is 0.495 e. The lowest BCUT2D eigenvalue weighted by atomic mass is 10.1. The van der Waals surface area contributed by atoms with Crippen LogP contribution in [0.15, 0.2) is 42.5 Å². The highest BCUT2D eigenvalue weighted by molar-refractivity contribution is 6.02. The third-order valence-electron chi connectivity index (χ3n) is 7.36. The molecule has 1 heterocycles. The number of para-hydroxylation sites is 2. The number of carbonyl (C=O) groups excluding carboxylic acids is 2. The fourth-order valence-corrected chi connectivity index (χ4v) is 5.11. The van der Waals surface area contributed by atoms with Crippen LogP contribution in [0, 0.1) is 0 Å². The van der Waals surface area contributed by atoms with Crippen molar-refractivity contribution >= 4 is 28.9 Å². The molecule has 0 aromatic heterocycles. The molecule has 7 nitrogen and oxygen atoms in total. The minimum Gasteiger partial charge on any atom is -0.495 e. The van der Waals surface area contributed by atoms with Gasteiger partial charge in [0.25, 0.3) is 5.91 Å². The second kappa shape index (κ2) is 15.3. The fraction of sp³-hybridized carbons (Fsp3) is 0.548. The molecule has 2 aromatic carbocycles. The molecule has 1 fully saturated rings. The van der Waals surface area contributed by atoms with Crippen molar-refractivity contribution in [2.75, 3.05) is 61.5 Å². The zero-order valence-corrected chi connectivity index (χ0v) is 23.8. The van der Waals surface area contributed by atoms with E-state index in [0.29, 0.717) is 30.8 Å². The van der Waals surface area contributed by atoms with Crippen LogP contribution in [0.25, 0.3) is 0 Å². The van der Waals surface area contributed by atoms with Gasteiger partial charge in [-0.1, -0.05) is 51.2 Å². The van der Waals surface area contributed by atoms with Crippen LogP contribution in [0.1, 0.15) is 76.1 Å². The first-order valence-corrected chi connectivity index (χ1v) is 14.4. The number of hydrogen-bond acceptors (Lipinski definition) is 5. The molecule has 0 atom stereocenters. The number of anilines is 3. The van der Waals surface area contributed by atoms with E-state index in [0.717, 1.165) is 56.1 Å². The Hall–Kier alpha value is -3.22. The first-order chi connectivity index (χ1) is 18.5. The Morgan fingerprint density at radius 3 is 2.13 bits per heavy atom. The zero-order valence-electron chi connectivity index (χ0n) is 23.8. The van der Waals surface area contributed by atoms with Crippen molar-refractivity contribution in [3.05, 3.63) is 48.0 Å². The topological polar surface area (TPSA) is 65.1 Å². The Labute approximate surface area is 229 Å². The molecule has 38 heavy (non-hydrogen) atoms. The number of methoxy groups -OCH3 is 1. The first kappa shape index (κ1) is 29.3. The Morgan fingerprint density at radius 2 is 1.47 bits per heavy atom. The molecule has 7 heteroatoms. The van der Waals surface area contributed by atoms with Crippen molar-refractivity contribution in [1.82, 2.24) is 4.90 Å². The van der Waals surface area contributed by atoms with Crippen molar-refractivity contribution in [2.45, 2.75) is 65.7 Å². The molecular weight excluding hydrogens is 476 g/mol. The van der Waals surface area contributed by atoms with E-state index in [2.05, 4.69) is 28.1 Å². The summed E-state index contributed by atoms with van der Waals surface area (Å²) >= 11 is 0. The third kappa shape index (κ3) is 7.89. The van der Waals surface area contributed by atoms with Gasteiger partial charge in [-0.15, -0.1) is 0 Å². The number of nitrogens with one attached hydrogen (secondary N) is 1. The van der Waals surface area contributed by atoms with E-state index in [1.165, 1.54) is 25.7 Å². The number of ether oxygens (including phenoxy) is 1. The molecule has 1 saturated heterocycles. The number of rotatable bonds is 14. The molecule has 0 unspecified atom stereocenters. The smallest absolute Gasteiger partial charge is 0.256 e. The molecule has 1 aliphatic heterocycles. The lowest BCUT2D eigenvalue weighted by Gasteiger charge is -2.38. The van der Waals surface area contributed by atoms with Gasteiger partial charge >= 0.3 is 0 Å². The monoisotopic (exact) mass is 522 g/mol. The summed E-state index contributed by atoms with van der Waals surface area (Å²) in [6, 6.07) is 13.9. The maximum absolute atomic E-state index is 13.5. The average molecular weight is 523 g/mol. The SMILES string of the molecule is CCCCCCCCC(=O)Nc1ccc(N2CCN(c3ccccc3OC)CC2)c(C(=O)N(CC)CC)c1. The minimum absolute atomic E-state index is 0.00387. The summed E-state index contributed by atoms with van der Waals surface area (Å²) in [5, 5.41) is 3.04. The quantitative estimate of drug-likeness (QED) is 0.300. The van der Waals surface area contributed by atoms with Crippen LogP contribution in [0.3, 0.4) is 0 Å². The maximum Gasteiger partial charge on any atom is 0.256 e. The number of piperazine rings is 1. The number of hydrogen-bond donors (Lipinski definition) is 1. The van der Waals surface area contributed by atoms with Gasteiger partial charge < -0.3 is 24.8 Å². The number of benzene rings is 2. The highest BCUT2D eigenvalue weighted by Gasteiger charge is 2.25. The molecule has 0 aliphatic carbocycles. The van der Waals surface area contributed by atoms with Gasteiger partial charge in [0, 0.05) is 57.1 Å². The van der Waals surface area contributed by atoms with Crippen LogP contribution < -0.4 is 19.9 Å². The van der Waals surface area contributed by atoms with Crippen LogP contribution in [0.4, 0.5) is 17.1 Å². The van der Waals surface area contributed by atoms with Gasteiger partial charge in [0.15, 0.2) is 0 Å². The Morgan fingerprint density at radius 1 is 0.842 bits per heavy atom. The van der Waals surface area contributed by atoms with Crippen LogP contribution in [0.5, 0.6) is 5.75 Å². The fourth-order valence-electron chi connectivity index (χ4n) is 5.11. The lowest BCUT2D eigenvalue weighted by Crippen LogP contribution is -2.47. The van der Waals surface area contributed by atoms with Crippen LogP contribution in [0.2, 0.25) is 0 Å². The summed E-state index contributed by atoms with van der Waals surface area (Å²) in [5.41, 5.74) is 3.36. The number of unbranched alkanes of at least 4 members (excludes halogenated alkanes) is 5. The summed E-state index contributed by atoms with van der Waals surface area (Å²) in [5.74, 6) is 0.892. The summed E-state index contributed by atoms with van der Waals surface area (Å²) in [4.78, 5) is 32.6. The number of nitrogens with zero attached hydrogens (tertiary/aromatic N) is 3. The maximum atomic E-state index is 13.5. The highest BCUT2D eigenvalue weighted by atomic mass is 16.5. The molecule has 2 aromatic rings. The molecule has 0 spiro atoms. The Balaban J connectivity index is 1.71. The Bertz CT molecular complexity index is 1030. The van der Waals surface area contributed by atoms with Crippen LogP contribution in [-0.2, 0) is 4.79 Å². The first-order valence-electron chi connectivity index (χ1n) is 14.4. The summed E-state index contributed by atoms with van der Waals surface area (Å²) in [6.07, 6.45) is 7.40. The van der Waals surface area contributed by atoms with Gasteiger partial charge in [-0.25, -0.2) is 0 Å². The second-order valence-corrected chi connectivity index (χ2v) is 9.92. The van der Waals surface area contributed by atoms with Crippen LogP contribution >= 0.6 is 0 Å². The predicted molar refractivity (Wildman–Crippen MR) is 158 cm³/mol. The summed E-state index contributed by atoms with van der Waals surface area (Å²) < 4.78 is 5.56. The van der Waals surface area contributed by atoms with Crippen molar-refractivity contribution < 1.29 is 14.3 Å². The molecule has 0 radical (unpaired) electrons. The highest BCUT2D eigenvalue weighted by Crippen LogP contribution is 2.31. The average Bonchev–Trinajstić information content (AvgIpc) is 2.95. The zero-order chi connectivity index (χ0) is 27.3. The minimum atomic E-state index is 0.00387. The van der Waals surface area contributed by atoms with E-state index in [1.807, 2.05) is 55.1 Å². The van der Waals surface area contributed by atoms with Gasteiger partial charge in [0.2, 0.25) is 5.91 Å². The van der Waals surface area contributed by atoms with E-state index >= 15 is 0 Å². The van der Waals surface area contributed by atoms with E-state index < -0.39 is 0 Å². The van der Waals surface area contributed by atoms with Gasteiger partial charge in [0.1, 0.15) is 5.75 Å². The Kier molecular flexibility index (Phi) is 11.8. The molecule has 1 N–H and O–H groups in total. The molecule has 0 bridgehead atoms. The number of carbonyl (C=O) groups is 2. The lowest BCUT2D eigenvalue weighted by molar-refractivity contribution is -0.116. The van der Waals surface area contributed by atoms with Gasteiger partial charge in [-0.3, -0.25) is 9.59 Å². The normalized spacial score (nSPS) is 13.4. The van der Waals surface area contributed by atoms with E-state index in [9.17, 15) is 9.59 Å². The molecule has 3 rings (SSSR count). The third-order valence-corrected chi connectivity index (χ3v) is 7.36. The summed E-state index contributed by atoms with van der Waals surface area (Å²) in [7, 11) is 1.70. The van der Waals surface area contributed by atoms with Gasteiger partial charge in [0.05, 0.1) is 18.4 Å². The van der Waals surface area contributed by atoms with Crippen LogP contribution in [-0.4, -0.2) is 63.1 Å². The van der Waals surface area contributed by atoms with Crippen molar-refractivity contribution in [1.29, 1.82) is 0 Å². The van der Waals surface area contributed by atoms with Crippen molar-refractivity contribution in [3.8, 4) is 5.75 Å². The molecule has 2 amide bonds. The van der Waals surface area contributed by atoms with Gasteiger partial charge in [-0.05, 0) is 50.6 Å². The second-order valence-electron chi connectivity index (χ2n) is 9.92. The van der Waals surface area contributed by atoms with E-state index in [1.54, 1.807) is 7.11 Å².